The molecule has 3 unspecified atom stereocenters. The third-order valence-corrected chi connectivity index (χ3v) is 3.87. The molecule has 0 aromatic carbocycles. The topological polar surface area (TPSA) is 29.1 Å². The summed E-state index contributed by atoms with van der Waals surface area (Å²) in [6.45, 7) is 7.18. The first kappa shape index (κ1) is 10.7. The molecule has 1 amide bonds. The van der Waals surface area contributed by atoms with Gasteiger partial charge in [-0.2, -0.15) is 0 Å². The molecule has 1 N–H and O–H groups in total. The highest BCUT2D eigenvalue weighted by Crippen LogP contribution is 2.51. The lowest BCUT2D eigenvalue weighted by Crippen LogP contribution is -2.42. The molecule has 1 saturated carbocycles. The molecule has 0 aromatic rings. The SMILES string of the molecule is CC(C)CNC(=O)C1(C)CC2C=CC1C2. The van der Waals surface area contributed by atoms with E-state index in [1.54, 1.807) is 0 Å². The van der Waals surface area contributed by atoms with Gasteiger partial charge in [-0.25, -0.2) is 0 Å². The zero-order valence-corrected chi connectivity index (χ0v) is 9.92. The van der Waals surface area contributed by atoms with Crippen LogP contribution in [0.4, 0.5) is 0 Å². The summed E-state index contributed by atoms with van der Waals surface area (Å²) >= 11 is 0. The average molecular weight is 207 g/mol. The molecule has 1 fully saturated rings. The Hall–Kier alpha value is -0.790. The number of fused-ring (bicyclic) bond motifs is 2. The van der Waals surface area contributed by atoms with Crippen molar-refractivity contribution >= 4 is 5.91 Å². The second kappa shape index (κ2) is 3.66. The molecule has 0 radical (unpaired) electrons. The molecular weight excluding hydrogens is 186 g/mol. The van der Waals surface area contributed by atoms with Crippen LogP contribution in [0, 0.1) is 23.2 Å². The first-order valence-corrected chi connectivity index (χ1v) is 5.99. The molecule has 0 spiro atoms. The highest BCUT2D eigenvalue weighted by molar-refractivity contribution is 5.83. The predicted molar refractivity (Wildman–Crippen MR) is 61.3 cm³/mol. The molecule has 0 saturated heterocycles. The Morgan fingerprint density at radius 2 is 2.27 bits per heavy atom. The summed E-state index contributed by atoms with van der Waals surface area (Å²) in [5.74, 6) is 1.93. The van der Waals surface area contributed by atoms with Crippen molar-refractivity contribution in [1.29, 1.82) is 0 Å². The van der Waals surface area contributed by atoms with Gasteiger partial charge in [-0.05, 0) is 30.6 Å². The molecule has 0 heterocycles. The molecule has 2 nitrogen and oxygen atoms in total. The summed E-state index contributed by atoms with van der Waals surface area (Å²) in [5, 5.41) is 3.08. The van der Waals surface area contributed by atoms with E-state index in [1.165, 1.54) is 6.42 Å². The number of carbonyl (C=O) groups is 1. The van der Waals surface area contributed by atoms with Crippen molar-refractivity contribution in [3.05, 3.63) is 12.2 Å². The van der Waals surface area contributed by atoms with E-state index in [2.05, 4.69) is 38.2 Å². The van der Waals surface area contributed by atoms with Crippen molar-refractivity contribution in [2.24, 2.45) is 23.2 Å². The molecule has 2 bridgehead atoms. The number of hydrogen-bond donors (Lipinski definition) is 1. The molecule has 2 aliphatic carbocycles. The Bertz CT molecular complexity index is 295. The molecule has 2 heteroatoms. The second-order valence-electron chi connectivity index (χ2n) is 5.71. The standard InChI is InChI=1S/C13H21NO/c1-9(2)8-14-12(15)13(3)7-10-4-5-11(13)6-10/h4-5,9-11H,6-8H2,1-3H3,(H,14,15). The maximum atomic E-state index is 12.1. The van der Waals surface area contributed by atoms with E-state index in [1.807, 2.05) is 0 Å². The second-order valence-corrected chi connectivity index (χ2v) is 5.71. The van der Waals surface area contributed by atoms with Gasteiger partial charge in [0, 0.05) is 6.54 Å². The van der Waals surface area contributed by atoms with Crippen LogP contribution in [0.1, 0.15) is 33.6 Å². The normalized spacial score (nSPS) is 37.6. The number of allylic oxidation sites excluding steroid dienone is 2. The Kier molecular flexibility index (Phi) is 2.61. The van der Waals surface area contributed by atoms with Crippen LogP contribution < -0.4 is 5.32 Å². The van der Waals surface area contributed by atoms with Crippen LogP contribution in [0.2, 0.25) is 0 Å². The number of rotatable bonds is 3. The minimum Gasteiger partial charge on any atom is -0.355 e. The van der Waals surface area contributed by atoms with E-state index in [4.69, 9.17) is 0 Å². The lowest BCUT2D eigenvalue weighted by molar-refractivity contribution is -0.131. The molecule has 3 atom stereocenters. The van der Waals surface area contributed by atoms with Gasteiger partial charge in [0.25, 0.3) is 0 Å². The van der Waals surface area contributed by atoms with Gasteiger partial charge in [0.2, 0.25) is 5.91 Å². The number of nitrogens with one attached hydrogen (secondary N) is 1. The fraction of sp³-hybridized carbons (Fsp3) is 0.769. The smallest absolute Gasteiger partial charge is 0.226 e. The summed E-state index contributed by atoms with van der Waals surface area (Å²) in [7, 11) is 0. The lowest BCUT2D eigenvalue weighted by atomic mass is 9.77. The monoisotopic (exact) mass is 207 g/mol. The van der Waals surface area contributed by atoms with Crippen LogP contribution >= 0.6 is 0 Å². The number of carbonyl (C=O) groups excluding carboxylic acids is 1. The fourth-order valence-corrected chi connectivity index (χ4v) is 2.85. The van der Waals surface area contributed by atoms with E-state index < -0.39 is 0 Å². The van der Waals surface area contributed by atoms with Crippen molar-refractivity contribution < 1.29 is 4.79 Å². The number of amides is 1. The Morgan fingerprint density at radius 3 is 2.73 bits per heavy atom. The highest BCUT2D eigenvalue weighted by Gasteiger charge is 2.49. The predicted octanol–water partition coefficient (Wildman–Crippen LogP) is 2.36. The van der Waals surface area contributed by atoms with Crippen LogP contribution in [0.3, 0.4) is 0 Å². The summed E-state index contributed by atoms with van der Waals surface area (Å²) in [6, 6.07) is 0. The average Bonchev–Trinajstić information content (AvgIpc) is 2.73. The summed E-state index contributed by atoms with van der Waals surface area (Å²) in [5.41, 5.74) is -0.131. The fourth-order valence-electron chi connectivity index (χ4n) is 2.85. The van der Waals surface area contributed by atoms with Crippen molar-refractivity contribution in [1.82, 2.24) is 5.32 Å². The summed E-state index contributed by atoms with van der Waals surface area (Å²) in [4.78, 5) is 12.1. The molecule has 2 aliphatic rings. The van der Waals surface area contributed by atoms with Crippen LogP contribution in [0.15, 0.2) is 12.2 Å². The zero-order valence-electron chi connectivity index (χ0n) is 9.92. The first-order valence-electron chi connectivity index (χ1n) is 5.99. The van der Waals surface area contributed by atoms with E-state index >= 15 is 0 Å². The quantitative estimate of drug-likeness (QED) is 0.707. The maximum Gasteiger partial charge on any atom is 0.226 e. The van der Waals surface area contributed by atoms with E-state index in [-0.39, 0.29) is 11.3 Å². The van der Waals surface area contributed by atoms with Crippen LogP contribution in [-0.4, -0.2) is 12.5 Å². The van der Waals surface area contributed by atoms with Gasteiger partial charge in [-0.3, -0.25) is 4.79 Å². The molecule has 84 valence electrons. The maximum absolute atomic E-state index is 12.1. The van der Waals surface area contributed by atoms with Crippen molar-refractivity contribution in [3.63, 3.8) is 0 Å². The van der Waals surface area contributed by atoms with Crippen molar-refractivity contribution in [3.8, 4) is 0 Å². The van der Waals surface area contributed by atoms with Crippen LogP contribution in [0.5, 0.6) is 0 Å². The molecule has 0 aliphatic heterocycles. The highest BCUT2D eigenvalue weighted by atomic mass is 16.2. The molecule has 2 rings (SSSR count). The van der Waals surface area contributed by atoms with E-state index in [0.29, 0.717) is 17.8 Å². The molecule has 0 aromatic heterocycles. The Labute approximate surface area is 92.1 Å². The Morgan fingerprint density at radius 1 is 1.53 bits per heavy atom. The number of hydrogen-bond acceptors (Lipinski definition) is 1. The van der Waals surface area contributed by atoms with Gasteiger partial charge in [0.1, 0.15) is 0 Å². The van der Waals surface area contributed by atoms with Crippen molar-refractivity contribution in [2.75, 3.05) is 6.54 Å². The van der Waals surface area contributed by atoms with E-state index in [0.717, 1.165) is 13.0 Å². The van der Waals surface area contributed by atoms with Crippen molar-refractivity contribution in [2.45, 2.75) is 33.6 Å². The van der Waals surface area contributed by atoms with Gasteiger partial charge in [0.15, 0.2) is 0 Å². The van der Waals surface area contributed by atoms with E-state index in [9.17, 15) is 4.79 Å². The summed E-state index contributed by atoms with van der Waals surface area (Å²) < 4.78 is 0. The molecule has 15 heavy (non-hydrogen) atoms. The van der Waals surface area contributed by atoms with Gasteiger partial charge in [0.05, 0.1) is 5.41 Å². The third-order valence-electron chi connectivity index (χ3n) is 3.87. The lowest BCUT2D eigenvalue weighted by Gasteiger charge is -2.30. The van der Waals surface area contributed by atoms with Crippen LogP contribution in [-0.2, 0) is 4.79 Å². The zero-order chi connectivity index (χ0) is 11.1. The van der Waals surface area contributed by atoms with Gasteiger partial charge in [-0.15, -0.1) is 0 Å². The largest absolute Gasteiger partial charge is 0.355 e. The minimum absolute atomic E-state index is 0.131. The Balaban J connectivity index is 1.98. The minimum atomic E-state index is -0.131. The first-order chi connectivity index (χ1) is 7.02. The third kappa shape index (κ3) is 1.82. The van der Waals surface area contributed by atoms with Gasteiger partial charge in [-0.1, -0.05) is 32.9 Å². The van der Waals surface area contributed by atoms with Crippen LogP contribution in [0.25, 0.3) is 0 Å². The van der Waals surface area contributed by atoms with Gasteiger partial charge >= 0.3 is 0 Å². The summed E-state index contributed by atoms with van der Waals surface area (Å²) in [6.07, 6.45) is 6.74. The van der Waals surface area contributed by atoms with Gasteiger partial charge < -0.3 is 5.32 Å². The molecular formula is C13H21NO.